The van der Waals surface area contributed by atoms with Gasteiger partial charge < -0.3 is 10.1 Å². The Balaban J connectivity index is 1.83. The molecule has 0 saturated carbocycles. The number of hydrogen-bond acceptors (Lipinski definition) is 3. The Morgan fingerprint density at radius 2 is 1.95 bits per heavy atom. The van der Waals surface area contributed by atoms with Crippen molar-refractivity contribution < 1.29 is 4.74 Å². The van der Waals surface area contributed by atoms with Crippen LogP contribution in [-0.2, 0) is 19.6 Å². The average molecular weight is 259 g/mol. The van der Waals surface area contributed by atoms with Gasteiger partial charge in [0.2, 0.25) is 0 Å². The maximum atomic E-state index is 5.14. The number of nitrogens with zero attached hydrogens (tertiary/aromatic N) is 2. The molecule has 0 aliphatic carbocycles. The average Bonchev–Trinajstić information content (AvgIpc) is 2.88. The van der Waals surface area contributed by atoms with Crippen LogP contribution in [0.1, 0.15) is 24.6 Å². The van der Waals surface area contributed by atoms with Gasteiger partial charge in [-0.3, -0.25) is 4.68 Å². The Bertz CT molecular complexity index is 490. The molecule has 0 atom stereocenters. The molecule has 19 heavy (non-hydrogen) atoms. The molecular weight excluding hydrogens is 238 g/mol. The van der Waals surface area contributed by atoms with Crippen molar-refractivity contribution in [3.63, 3.8) is 0 Å². The molecule has 0 spiro atoms. The second-order valence-electron chi connectivity index (χ2n) is 4.50. The summed E-state index contributed by atoms with van der Waals surface area (Å²) in [6.45, 7) is 4.83. The molecule has 2 rings (SSSR count). The lowest BCUT2D eigenvalue weighted by Gasteiger charge is -2.08. The van der Waals surface area contributed by atoms with Crippen molar-refractivity contribution in [1.82, 2.24) is 15.1 Å². The number of hydrogen-bond donors (Lipinski definition) is 1. The van der Waals surface area contributed by atoms with E-state index in [-0.39, 0.29) is 0 Å². The molecular formula is C15H21N3O. The van der Waals surface area contributed by atoms with Gasteiger partial charge in [-0.05, 0) is 30.2 Å². The van der Waals surface area contributed by atoms with Crippen LogP contribution in [0.5, 0.6) is 5.75 Å². The molecule has 1 aromatic carbocycles. The van der Waals surface area contributed by atoms with Gasteiger partial charge in [-0.25, -0.2) is 0 Å². The standard InChI is InChI=1S/C15H21N3O/c1-3-10-18-14(8-9-17-18)12-16-11-13-4-6-15(19-2)7-5-13/h4-9,16H,3,10-12H2,1-2H3. The third kappa shape index (κ3) is 3.83. The van der Waals surface area contributed by atoms with Crippen LogP contribution in [-0.4, -0.2) is 16.9 Å². The van der Waals surface area contributed by atoms with Crippen LogP contribution < -0.4 is 10.1 Å². The highest BCUT2D eigenvalue weighted by molar-refractivity contribution is 5.27. The van der Waals surface area contributed by atoms with E-state index in [2.05, 4.69) is 40.2 Å². The highest BCUT2D eigenvalue weighted by Crippen LogP contribution is 2.11. The summed E-state index contributed by atoms with van der Waals surface area (Å²) in [5, 5.41) is 7.75. The highest BCUT2D eigenvalue weighted by Gasteiger charge is 2.01. The summed E-state index contributed by atoms with van der Waals surface area (Å²) in [5.74, 6) is 0.893. The highest BCUT2D eigenvalue weighted by atomic mass is 16.5. The second kappa shape index (κ2) is 6.95. The minimum absolute atomic E-state index is 0.839. The van der Waals surface area contributed by atoms with Crippen LogP contribution in [0.4, 0.5) is 0 Å². The fraction of sp³-hybridized carbons (Fsp3) is 0.400. The van der Waals surface area contributed by atoms with Gasteiger partial charge in [-0.1, -0.05) is 19.1 Å². The molecule has 0 unspecified atom stereocenters. The van der Waals surface area contributed by atoms with E-state index in [0.717, 1.165) is 31.8 Å². The van der Waals surface area contributed by atoms with Crippen LogP contribution >= 0.6 is 0 Å². The van der Waals surface area contributed by atoms with Gasteiger partial charge in [0, 0.05) is 25.8 Å². The fourth-order valence-corrected chi connectivity index (χ4v) is 2.00. The first kappa shape index (κ1) is 13.6. The van der Waals surface area contributed by atoms with Gasteiger partial charge in [0.25, 0.3) is 0 Å². The van der Waals surface area contributed by atoms with Gasteiger partial charge >= 0.3 is 0 Å². The molecule has 0 aliphatic rings. The van der Waals surface area contributed by atoms with E-state index in [1.165, 1.54) is 11.3 Å². The molecule has 4 nitrogen and oxygen atoms in total. The molecule has 2 aromatic rings. The minimum Gasteiger partial charge on any atom is -0.497 e. The van der Waals surface area contributed by atoms with Crippen molar-refractivity contribution in [2.75, 3.05) is 7.11 Å². The van der Waals surface area contributed by atoms with Gasteiger partial charge in [0.15, 0.2) is 0 Å². The predicted molar refractivity (Wildman–Crippen MR) is 76.1 cm³/mol. The lowest BCUT2D eigenvalue weighted by atomic mass is 10.2. The van der Waals surface area contributed by atoms with Crippen LogP contribution in [0.15, 0.2) is 36.5 Å². The number of aryl methyl sites for hydroxylation is 1. The zero-order valence-electron chi connectivity index (χ0n) is 11.6. The van der Waals surface area contributed by atoms with Gasteiger partial charge in [0.05, 0.1) is 12.8 Å². The quantitative estimate of drug-likeness (QED) is 0.830. The lowest BCUT2D eigenvalue weighted by Crippen LogP contribution is -2.16. The van der Waals surface area contributed by atoms with E-state index in [9.17, 15) is 0 Å². The van der Waals surface area contributed by atoms with Crippen molar-refractivity contribution in [1.29, 1.82) is 0 Å². The fourth-order valence-electron chi connectivity index (χ4n) is 2.00. The Morgan fingerprint density at radius 3 is 2.63 bits per heavy atom. The third-order valence-corrected chi connectivity index (χ3v) is 3.03. The largest absolute Gasteiger partial charge is 0.497 e. The molecule has 1 heterocycles. The summed E-state index contributed by atoms with van der Waals surface area (Å²) in [4.78, 5) is 0. The number of nitrogens with one attached hydrogen (secondary N) is 1. The molecule has 1 N–H and O–H groups in total. The Labute approximate surface area is 114 Å². The van der Waals surface area contributed by atoms with Crippen LogP contribution in [0, 0.1) is 0 Å². The van der Waals surface area contributed by atoms with Crippen LogP contribution in [0.2, 0.25) is 0 Å². The van der Waals surface area contributed by atoms with Gasteiger partial charge in [0.1, 0.15) is 5.75 Å². The van der Waals surface area contributed by atoms with E-state index < -0.39 is 0 Å². The minimum atomic E-state index is 0.839. The molecule has 0 amide bonds. The Morgan fingerprint density at radius 1 is 1.16 bits per heavy atom. The molecule has 4 heteroatoms. The monoisotopic (exact) mass is 259 g/mol. The lowest BCUT2D eigenvalue weighted by molar-refractivity contribution is 0.414. The zero-order valence-corrected chi connectivity index (χ0v) is 11.6. The number of methoxy groups -OCH3 is 1. The summed E-state index contributed by atoms with van der Waals surface area (Å²) < 4.78 is 7.20. The maximum Gasteiger partial charge on any atom is 0.118 e. The van der Waals surface area contributed by atoms with Crippen molar-refractivity contribution in [3.05, 3.63) is 47.8 Å². The van der Waals surface area contributed by atoms with Gasteiger partial charge in [-0.15, -0.1) is 0 Å². The zero-order chi connectivity index (χ0) is 13.5. The number of ether oxygens (including phenoxy) is 1. The molecule has 1 aromatic heterocycles. The van der Waals surface area contributed by atoms with Crippen molar-refractivity contribution in [2.24, 2.45) is 0 Å². The SMILES string of the molecule is CCCn1nccc1CNCc1ccc(OC)cc1. The maximum absolute atomic E-state index is 5.14. The second-order valence-corrected chi connectivity index (χ2v) is 4.50. The third-order valence-electron chi connectivity index (χ3n) is 3.03. The summed E-state index contributed by atoms with van der Waals surface area (Å²) >= 11 is 0. The van der Waals surface area contributed by atoms with Crippen molar-refractivity contribution in [3.8, 4) is 5.75 Å². The molecule has 0 aliphatic heterocycles. The summed E-state index contributed by atoms with van der Waals surface area (Å²) in [7, 11) is 1.68. The summed E-state index contributed by atoms with van der Waals surface area (Å²) in [6, 6.07) is 10.2. The Hall–Kier alpha value is -1.81. The normalized spacial score (nSPS) is 10.6. The topological polar surface area (TPSA) is 39.1 Å². The number of rotatable bonds is 7. The molecule has 0 radical (unpaired) electrons. The summed E-state index contributed by atoms with van der Waals surface area (Å²) in [5.41, 5.74) is 2.48. The van der Waals surface area contributed by atoms with Crippen LogP contribution in [0.25, 0.3) is 0 Å². The number of aromatic nitrogens is 2. The van der Waals surface area contributed by atoms with E-state index in [4.69, 9.17) is 4.74 Å². The molecule has 0 bridgehead atoms. The summed E-state index contributed by atoms with van der Waals surface area (Å²) in [6.07, 6.45) is 2.97. The van der Waals surface area contributed by atoms with Crippen molar-refractivity contribution in [2.45, 2.75) is 33.0 Å². The molecule has 102 valence electrons. The van der Waals surface area contributed by atoms with Crippen molar-refractivity contribution >= 4 is 0 Å². The molecule has 0 fully saturated rings. The van der Waals surface area contributed by atoms with E-state index in [1.54, 1.807) is 7.11 Å². The number of benzene rings is 1. The van der Waals surface area contributed by atoms with Crippen LogP contribution in [0.3, 0.4) is 0 Å². The first-order chi connectivity index (χ1) is 9.33. The first-order valence-electron chi connectivity index (χ1n) is 6.68. The van der Waals surface area contributed by atoms with E-state index in [1.807, 2.05) is 18.3 Å². The smallest absolute Gasteiger partial charge is 0.118 e. The Kier molecular flexibility index (Phi) is 4.98. The van der Waals surface area contributed by atoms with E-state index in [0.29, 0.717) is 0 Å². The first-order valence-corrected chi connectivity index (χ1v) is 6.68. The van der Waals surface area contributed by atoms with Gasteiger partial charge in [-0.2, -0.15) is 5.10 Å². The molecule has 0 saturated heterocycles. The predicted octanol–water partition coefficient (Wildman–Crippen LogP) is 2.59. The van der Waals surface area contributed by atoms with E-state index >= 15 is 0 Å².